The summed E-state index contributed by atoms with van der Waals surface area (Å²) in [5, 5.41) is 5.41. The van der Waals surface area contributed by atoms with Crippen LogP contribution in [0.4, 0.5) is 0 Å². The third-order valence-corrected chi connectivity index (χ3v) is 4.70. The molecule has 1 aromatic carbocycles. The standard InChI is InChI=1S/C18H21ClN2OS/c1-3-7-13(18(22)20-10-4-2)11-14-12-23-16-9-6-5-8-15(16)17(19)21-14/h3,5-9,12-13H,4,10-11H2,1-2H3,(H,20,22)/b7-3-. The molecule has 1 aliphatic heterocycles. The van der Waals surface area contributed by atoms with Gasteiger partial charge in [-0.1, -0.05) is 60.6 Å². The molecule has 2 rings (SSSR count). The lowest BCUT2D eigenvalue weighted by Gasteiger charge is -2.13. The number of hydrogen-bond acceptors (Lipinski definition) is 3. The van der Waals surface area contributed by atoms with Crippen LogP contribution in [0.15, 0.2) is 57.4 Å². The molecule has 1 heterocycles. The SMILES string of the molecule is C/C=C\C(CC1=CSc2ccccc2C(Cl)=N1)C(=O)NCCC. The second kappa shape index (κ2) is 8.94. The van der Waals surface area contributed by atoms with Crippen LogP contribution in [0, 0.1) is 5.92 Å². The highest BCUT2D eigenvalue weighted by molar-refractivity contribution is 8.02. The molecule has 3 nitrogen and oxygen atoms in total. The van der Waals surface area contributed by atoms with E-state index in [0.29, 0.717) is 18.1 Å². The Balaban J connectivity index is 2.16. The summed E-state index contributed by atoms with van der Waals surface area (Å²) in [6.45, 7) is 4.65. The first-order valence-electron chi connectivity index (χ1n) is 7.75. The number of carbonyl (C=O) groups is 1. The van der Waals surface area contributed by atoms with Gasteiger partial charge in [0, 0.05) is 29.1 Å². The van der Waals surface area contributed by atoms with Crippen molar-refractivity contribution in [2.45, 2.75) is 31.6 Å². The molecule has 1 unspecified atom stereocenters. The van der Waals surface area contributed by atoms with E-state index in [2.05, 4.69) is 10.3 Å². The Hall–Kier alpha value is -1.52. The molecule has 1 aliphatic rings. The number of allylic oxidation sites excluding steroid dienone is 2. The third kappa shape index (κ3) is 4.98. The number of benzene rings is 1. The highest BCUT2D eigenvalue weighted by atomic mass is 35.5. The van der Waals surface area contributed by atoms with E-state index in [9.17, 15) is 4.79 Å². The van der Waals surface area contributed by atoms with Gasteiger partial charge in [0.1, 0.15) is 5.17 Å². The number of halogens is 1. The van der Waals surface area contributed by atoms with Crippen LogP contribution < -0.4 is 5.32 Å². The highest BCUT2D eigenvalue weighted by Gasteiger charge is 2.19. The summed E-state index contributed by atoms with van der Waals surface area (Å²) in [7, 11) is 0. The number of aliphatic imine (C=N–C) groups is 1. The first-order valence-corrected chi connectivity index (χ1v) is 9.01. The summed E-state index contributed by atoms with van der Waals surface area (Å²) >= 11 is 7.94. The number of hydrogen-bond donors (Lipinski definition) is 1. The largest absolute Gasteiger partial charge is 0.356 e. The van der Waals surface area contributed by atoms with Crippen molar-refractivity contribution in [2.75, 3.05) is 6.54 Å². The van der Waals surface area contributed by atoms with Crippen molar-refractivity contribution in [1.29, 1.82) is 0 Å². The minimum Gasteiger partial charge on any atom is -0.356 e. The van der Waals surface area contributed by atoms with Gasteiger partial charge in [0.25, 0.3) is 0 Å². The Labute approximate surface area is 146 Å². The van der Waals surface area contributed by atoms with Crippen LogP contribution in [0.1, 0.15) is 32.3 Å². The van der Waals surface area contributed by atoms with E-state index >= 15 is 0 Å². The molecule has 0 aromatic heterocycles. The summed E-state index contributed by atoms with van der Waals surface area (Å²) in [5.74, 6) is -0.197. The van der Waals surface area contributed by atoms with Gasteiger partial charge in [-0.3, -0.25) is 4.79 Å². The molecular weight excluding hydrogens is 328 g/mol. The predicted octanol–water partition coefficient (Wildman–Crippen LogP) is 4.73. The van der Waals surface area contributed by atoms with Crippen molar-refractivity contribution < 1.29 is 4.79 Å². The lowest BCUT2D eigenvalue weighted by molar-refractivity contribution is -0.123. The normalized spacial score (nSPS) is 15.4. The zero-order valence-electron chi connectivity index (χ0n) is 13.4. The van der Waals surface area contributed by atoms with Crippen molar-refractivity contribution >= 4 is 34.4 Å². The van der Waals surface area contributed by atoms with Gasteiger partial charge in [0.15, 0.2) is 0 Å². The van der Waals surface area contributed by atoms with Gasteiger partial charge in [0.05, 0.1) is 5.92 Å². The molecule has 1 aromatic rings. The second-order valence-electron chi connectivity index (χ2n) is 5.25. The molecule has 0 saturated carbocycles. The predicted molar refractivity (Wildman–Crippen MR) is 99.0 cm³/mol. The molecule has 0 aliphatic carbocycles. The van der Waals surface area contributed by atoms with Gasteiger partial charge < -0.3 is 5.32 Å². The van der Waals surface area contributed by atoms with E-state index in [1.165, 1.54) is 0 Å². The Kier molecular flexibility index (Phi) is 6.93. The van der Waals surface area contributed by atoms with E-state index in [1.807, 2.05) is 55.7 Å². The zero-order chi connectivity index (χ0) is 16.7. The minimum atomic E-state index is -0.229. The fraction of sp³-hybridized carbons (Fsp3) is 0.333. The molecular formula is C18H21ClN2OS. The quantitative estimate of drug-likeness (QED) is 0.755. The first-order chi connectivity index (χ1) is 11.2. The lowest BCUT2D eigenvalue weighted by atomic mass is 10.0. The summed E-state index contributed by atoms with van der Waals surface area (Å²) in [6.07, 6.45) is 5.28. The van der Waals surface area contributed by atoms with Crippen LogP contribution in [0.2, 0.25) is 0 Å². The third-order valence-electron chi connectivity index (χ3n) is 3.41. The Morgan fingerprint density at radius 1 is 1.43 bits per heavy atom. The monoisotopic (exact) mass is 348 g/mol. The number of nitrogens with zero attached hydrogens (tertiary/aromatic N) is 1. The molecule has 1 N–H and O–H groups in total. The van der Waals surface area contributed by atoms with Crippen molar-refractivity contribution in [3.63, 3.8) is 0 Å². The molecule has 1 amide bonds. The van der Waals surface area contributed by atoms with E-state index in [-0.39, 0.29) is 11.8 Å². The smallest absolute Gasteiger partial charge is 0.227 e. The van der Waals surface area contributed by atoms with Gasteiger partial charge in [-0.25, -0.2) is 4.99 Å². The van der Waals surface area contributed by atoms with Gasteiger partial charge in [-0.15, -0.1) is 0 Å². The number of rotatable bonds is 6. The number of nitrogens with one attached hydrogen (secondary N) is 1. The summed E-state index contributed by atoms with van der Waals surface area (Å²) < 4.78 is 0. The Morgan fingerprint density at radius 3 is 2.96 bits per heavy atom. The number of carbonyl (C=O) groups excluding carboxylic acids is 1. The average Bonchev–Trinajstić information content (AvgIpc) is 2.72. The molecule has 0 saturated heterocycles. The van der Waals surface area contributed by atoms with E-state index in [1.54, 1.807) is 11.8 Å². The van der Waals surface area contributed by atoms with E-state index < -0.39 is 0 Å². The molecule has 23 heavy (non-hydrogen) atoms. The van der Waals surface area contributed by atoms with Crippen LogP contribution in [-0.2, 0) is 4.79 Å². The molecule has 5 heteroatoms. The molecule has 0 spiro atoms. The summed E-state index contributed by atoms with van der Waals surface area (Å²) in [4.78, 5) is 17.9. The van der Waals surface area contributed by atoms with Gasteiger partial charge in [-0.05, 0) is 24.8 Å². The summed E-state index contributed by atoms with van der Waals surface area (Å²) in [6, 6.07) is 7.91. The summed E-state index contributed by atoms with van der Waals surface area (Å²) in [5.41, 5.74) is 1.76. The Bertz CT molecular complexity index is 652. The fourth-order valence-corrected chi connectivity index (χ4v) is 3.45. The van der Waals surface area contributed by atoms with Crippen molar-refractivity contribution in [3.8, 4) is 0 Å². The van der Waals surface area contributed by atoms with Crippen LogP contribution in [0.25, 0.3) is 0 Å². The van der Waals surface area contributed by atoms with Gasteiger partial charge in [0.2, 0.25) is 5.91 Å². The van der Waals surface area contributed by atoms with Crippen LogP contribution in [0.5, 0.6) is 0 Å². The molecule has 0 fully saturated rings. The van der Waals surface area contributed by atoms with Crippen molar-refractivity contribution in [3.05, 3.63) is 53.1 Å². The van der Waals surface area contributed by atoms with Crippen LogP contribution >= 0.6 is 23.4 Å². The van der Waals surface area contributed by atoms with Crippen LogP contribution in [0.3, 0.4) is 0 Å². The van der Waals surface area contributed by atoms with Gasteiger partial charge >= 0.3 is 0 Å². The first kappa shape index (κ1) is 17.8. The molecule has 122 valence electrons. The number of thioether (sulfide) groups is 1. The van der Waals surface area contributed by atoms with E-state index in [0.717, 1.165) is 22.6 Å². The molecule has 0 bridgehead atoms. The maximum atomic E-state index is 12.3. The molecule has 1 atom stereocenters. The maximum absolute atomic E-state index is 12.3. The zero-order valence-corrected chi connectivity index (χ0v) is 15.0. The maximum Gasteiger partial charge on any atom is 0.227 e. The highest BCUT2D eigenvalue weighted by Crippen LogP contribution is 2.32. The van der Waals surface area contributed by atoms with E-state index in [4.69, 9.17) is 11.6 Å². The van der Waals surface area contributed by atoms with Crippen molar-refractivity contribution in [2.24, 2.45) is 10.9 Å². The fourth-order valence-electron chi connectivity index (χ4n) is 2.26. The number of fused-ring (bicyclic) bond motifs is 1. The minimum absolute atomic E-state index is 0.0314. The number of amides is 1. The van der Waals surface area contributed by atoms with Gasteiger partial charge in [-0.2, -0.15) is 0 Å². The average molecular weight is 349 g/mol. The topological polar surface area (TPSA) is 41.5 Å². The molecule has 0 radical (unpaired) electrons. The van der Waals surface area contributed by atoms with Crippen molar-refractivity contribution in [1.82, 2.24) is 5.32 Å². The second-order valence-corrected chi connectivity index (χ2v) is 6.52. The Morgan fingerprint density at radius 2 is 2.22 bits per heavy atom. The van der Waals surface area contributed by atoms with Crippen LogP contribution in [-0.4, -0.2) is 17.6 Å². The lowest BCUT2D eigenvalue weighted by Crippen LogP contribution is -2.30.